The topological polar surface area (TPSA) is 97.8 Å². The molecule has 190 valence electrons. The highest BCUT2D eigenvalue weighted by Crippen LogP contribution is 2.36. The first kappa shape index (κ1) is 24.9. The Morgan fingerprint density at radius 1 is 1.03 bits per heavy atom. The molecule has 4 aromatic rings. The first-order valence-electron chi connectivity index (χ1n) is 11.6. The van der Waals surface area contributed by atoms with Gasteiger partial charge in [-0.3, -0.25) is 10.1 Å². The summed E-state index contributed by atoms with van der Waals surface area (Å²) < 4.78 is 38.9. The molecule has 0 spiro atoms. The zero-order valence-electron chi connectivity index (χ0n) is 20.2. The van der Waals surface area contributed by atoms with Crippen LogP contribution < -0.4 is 14.8 Å². The van der Waals surface area contributed by atoms with E-state index < -0.39 is 10.0 Å². The molecule has 0 aliphatic carbocycles. The van der Waals surface area contributed by atoms with Gasteiger partial charge in [0.25, 0.3) is 5.91 Å². The minimum atomic E-state index is -3.76. The highest BCUT2D eigenvalue weighted by Gasteiger charge is 2.27. The molecule has 2 heterocycles. The number of hydrogen-bond acceptors (Lipinski definition) is 7. The molecule has 37 heavy (non-hydrogen) atoms. The van der Waals surface area contributed by atoms with Gasteiger partial charge in [-0.15, -0.1) is 11.3 Å². The van der Waals surface area contributed by atoms with E-state index >= 15 is 0 Å². The molecule has 0 saturated heterocycles. The molecule has 5 rings (SSSR count). The first-order valence-corrected chi connectivity index (χ1v) is 14.0. The van der Waals surface area contributed by atoms with Crippen molar-refractivity contribution < 1.29 is 22.7 Å². The van der Waals surface area contributed by atoms with Crippen LogP contribution in [-0.2, 0) is 16.6 Å². The van der Waals surface area contributed by atoms with Crippen LogP contribution in [0.5, 0.6) is 11.5 Å². The van der Waals surface area contributed by atoms with E-state index in [0.717, 1.165) is 11.1 Å². The fourth-order valence-electron chi connectivity index (χ4n) is 3.91. The van der Waals surface area contributed by atoms with Gasteiger partial charge in [0.05, 0.1) is 10.6 Å². The first-order chi connectivity index (χ1) is 17.8. The maximum absolute atomic E-state index is 13.4. The number of aromatic nitrogens is 1. The van der Waals surface area contributed by atoms with E-state index in [-0.39, 0.29) is 30.2 Å². The number of carbonyl (C=O) groups is 1. The summed E-state index contributed by atoms with van der Waals surface area (Å²) in [5.41, 5.74) is 2.78. The van der Waals surface area contributed by atoms with E-state index in [0.29, 0.717) is 27.9 Å². The van der Waals surface area contributed by atoms with Gasteiger partial charge in [0, 0.05) is 29.1 Å². The molecule has 0 unspecified atom stereocenters. The van der Waals surface area contributed by atoms with Crippen molar-refractivity contribution in [1.82, 2.24) is 9.29 Å². The van der Waals surface area contributed by atoms with Crippen molar-refractivity contribution in [2.45, 2.75) is 31.3 Å². The molecule has 1 aromatic heterocycles. The average molecular weight is 536 g/mol. The van der Waals surface area contributed by atoms with E-state index in [1.54, 1.807) is 0 Å². The third kappa shape index (κ3) is 5.36. The molecule has 0 radical (unpaired) electrons. The van der Waals surface area contributed by atoms with E-state index in [1.165, 1.54) is 39.9 Å². The molecule has 1 N–H and O–H groups in total. The Labute approximate surface area is 219 Å². The third-order valence-corrected chi connectivity index (χ3v) is 8.67. The molecule has 3 aromatic carbocycles. The number of hydrogen-bond donors (Lipinski definition) is 1. The second kappa shape index (κ2) is 10.3. The molecular weight excluding hydrogens is 510 g/mol. The summed E-state index contributed by atoms with van der Waals surface area (Å²) in [7, 11) is -3.76. The molecule has 1 aliphatic heterocycles. The Morgan fingerprint density at radius 2 is 1.76 bits per heavy atom. The minimum Gasteiger partial charge on any atom is -0.454 e. The van der Waals surface area contributed by atoms with Crippen LogP contribution in [0.1, 0.15) is 29.8 Å². The molecule has 8 nitrogen and oxygen atoms in total. The Kier molecular flexibility index (Phi) is 6.96. The summed E-state index contributed by atoms with van der Waals surface area (Å²) in [5.74, 6) is 0.973. The van der Waals surface area contributed by atoms with Gasteiger partial charge in [-0.25, -0.2) is 13.4 Å². The number of anilines is 1. The molecule has 0 bridgehead atoms. The number of amides is 1. The summed E-state index contributed by atoms with van der Waals surface area (Å²) in [4.78, 5) is 17.4. The summed E-state index contributed by atoms with van der Waals surface area (Å²) in [6, 6.07) is 20.7. The van der Waals surface area contributed by atoms with Crippen LogP contribution in [0.15, 0.2) is 83.1 Å². The SMILES string of the molecule is CC(C)N(Cc1ccccc1)S(=O)(=O)c1ccc(C(=O)Nc2nc(-c3ccc4c(c3)OCO4)cs2)cc1. The van der Waals surface area contributed by atoms with Crippen molar-refractivity contribution in [2.75, 3.05) is 12.1 Å². The van der Waals surface area contributed by atoms with Gasteiger partial charge in [0.1, 0.15) is 0 Å². The van der Waals surface area contributed by atoms with Crippen molar-refractivity contribution in [3.8, 4) is 22.8 Å². The smallest absolute Gasteiger partial charge is 0.257 e. The number of benzene rings is 3. The van der Waals surface area contributed by atoms with Gasteiger partial charge in [-0.1, -0.05) is 30.3 Å². The predicted molar refractivity (Wildman–Crippen MR) is 142 cm³/mol. The van der Waals surface area contributed by atoms with Crippen LogP contribution in [-0.4, -0.2) is 36.4 Å². The lowest BCUT2D eigenvalue weighted by atomic mass is 10.1. The van der Waals surface area contributed by atoms with Crippen LogP contribution >= 0.6 is 11.3 Å². The quantitative estimate of drug-likeness (QED) is 0.325. The van der Waals surface area contributed by atoms with Crippen molar-refractivity contribution in [3.05, 3.63) is 89.3 Å². The number of carbonyl (C=O) groups excluding carboxylic acids is 1. The maximum atomic E-state index is 13.4. The summed E-state index contributed by atoms with van der Waals surface area (Å²) in [6.07, 6.45) is 0. The van der Waals surface area contributed by atoms with Crippen molar-refractivity contribution in [1.29, 1.82) is 0 Å². The number of fused-ring (bicyclic) bond motifs is 1. The van der Waals surface area contributed by atoms with Gasteiger partial charge in [0.2, 0.25) is 16.8 Å². The van der Waals surface area contributed by atoms with E-state index in [2.05, 4.69) is 10.3 Å². The zero-order chi connectivity index (χ0) is 26.0. The number of nitrogens with one attached hydrogen (secondary N) is 1. The molecule has 0 saturated carbocycles. The van der Waals surface area contributed by atoms with E-state index in [1.807, 2.05) is 67.8 Å². The number of nitrogens with zero attached hydrogens (tertiary/aromatic N) is 2. The largest absolute Gasteiger partial charge is 0.454 e. The summed E-state index contributed by atoms with van der Waals surface area (Å²) >= 11 is 1.30. The van der Waals surface area contributed by atoms with Crippen LogP contribution in [0, 0.1) is 0 Å². The van der Waals surface area contributed by atoms with Crippen LogP contribution in [0.25, 0.3) is 11.3 Å². The highest BCUT2D eigenvalue weighted by molar-refractivity contribution is 7.89. The average Bonchev–Trinajstić information content (AvgIpc) is 3.57. The number of thiazole rings is 1. The Balaban J connectivity index is 1.28. The molecular formula is C27H25N3O5S2. The normalized spacial score (nSPS) is 12.8. The van der Waals surface area contributed by atoms with Gasteiger partial charge in [-0.05, 0) is 61.9 Å². The second-order valence-corrected chi connectivity index (χ2v) is 11.5. The van der Waals surface area contributed by atoms with Crippen LogP contribution in [0.3, 0.4) is 0 Å². The predicted octanol–water partition coefficient (Wildman–Crippen LogP) is 5.39. The zero-order valence-corrected chi connectivity index (χ0v) is 21.9. The molecule has 0 atom stereocenters. The minimum absolute atomic E-state index is 0.132. The Morgan fingerprint density at radius 3 is 2.49 bits per heavy atom. The Hall–Kier alpha value is -3.73. The molecule has 1 aliphatic rings. The third-order valence-electron chi connectivity index (χ3n) is 5.87. The van der Waals surface area contributed by atoms with Gasteiger partial charge in [-0.2, -0.15) is 4.31 Å². The number of rotatable bonds is 8. The van der Waals surface area contributed by atoms with E-state index in [4.69, 9.17) is 9.47 Å². The molecule has 10 heteroatoms. The monoisotopic (exact) mass is 535 g/mol. The molecule has 1 amide bonds. The Bertz CT molecular complexity index is 1520. The maximum Gasteiger partial charge on any atom is 0.257 e. The van der Waals surface area contributed by atoms with Gasteiger partial charge >= 0.3 is 0 Å². The van der Waals surface area contributed by atoms with Crippen molar-refractivity contribution in [3.63, 3.8) is 0 Å². The van der Waals surface area contributed by atoms with Gasteiger partial charge < -0.3 is 9.47 Å². The fraction of sp³-hybridized carbons (Fsp3) is 0.185. The lowest BCUT2D eigenvalue weighted by Crippen LogP contribution is -2.36. The standard InChI is InChI=1S/C27H25N3O5S2/c1-18(2)30(15-19-6-4-3-5-7-19)37(32,33)22-11-8-20(9-12-22)26(31)29-27-28-23(16-36-27)21-10-13-24-25(14-21)35-17-34-24/h3-14,16,18H,15,17H2,1-2H3,(H,28,29,31). The second-order valence-electron chi connectivity index (χ2n) is 8.71. The van der Waals surface area contributed by atoms with Crippen molar-refractivity contribution in [2.24, 2.45) is 0 Å². The highest BCUT2D eigenvalue weighted by atomic mass is 32.2. The lowest BCUT2D eigenvalue weighted by molar-refractivity contribution is 0.102. The lowest BCUT2D eigenvalue weighted by Gasteiger charge is -2.26. The molecule has 0 fully saturated rings. The van der Waals surface area contributed by atoms with Gasteiger partial charge in [0.15, 0.2) is 16.6 Å². The van der Waals surface area contributed by atoms with E-state index in [9.17, 15) is 13.2 Å². The number of ether oxygens (including phenoxy) is 2. The fourth-order valence-corrected chi connectivity index (χ4v) is 6.25. The summed E-state index contributed by atoms with van der Waals surface area (Å²) in [5, 5.41) is 5.06. The number of sulfonamides is 1. The van der Waals surface area contributed by atoms with Crippen LogP contribution in [0.2, 0.25) is 0 Å². The van der Waals surface area contributed by atoms with Crippen molar-refractivity contribution >= 4 is 32.4 Å². The summed E-state index contributed by atoms with van der Waals surface area (Å²) in [6.45, 7) is 4.14. The van der Waals surface area contributed by atoms with Crippen LogP contribution in [0.4, 0.5) is 5.13 Å².